The van der Waals surface area contributed by atoms with Crippen molar-refractivity contribution in [1.29, 1.82) is 0 Å². The lowest BCUT2D eigenvalue weighted by atomic mass is 10.1. The molecule has 5 heteroatoms. The van der Waals surface area contributed by atoms with E-state index in [2.05, 4.69) is 11.8 Å². The molecule has 1 aromatic rings. The van der Waals surface area contributed by atoms with E-state index in [1.165, 1.54) is 6.07 Å². The van der Waals surface area contributed by atoms with Crippen LogP contribution < -0.4 is 4.74 Å². The van der Waals surface area contributed by atoms with Gasteiger partial charge in [-0.15, -0.1) is 12.4 Å². The fourth-order valence-electron chi connectivity index (χ4n) is 3.12. The zero-order valence-electron chi connectivity index (χ0n) is 12.4. The number of halogens is 2. The van der Waals surface area contributed by atoms with E-state index in [9.17, 15) is 4.39 Å². The highest BCUT2D eigenvalue weighted by molar-refractivity contribution is 5.85. The summed E-state index contributed by atoms with van der Waals surface area (Å²) >= 11 is 0. The van der Waals surface area contributed by atoms with Gasteiger partial charge in [0, 0.05) is 18.7 Å². The summed E-state index contributed by atoms with van der Waals surface area (Å²) < 4.78 is 25.3. The van der Waals surface area contributed by atoms with E-state index in [4.69, 9.17) is 9.47 Å². The minimum Gasteiger partial charge on any atom is -0.491 e. The summed E-state index contributed by atoms with van der Waals surface area (Å²) in [5.74, 6) is 0.757. The van der Waals surface area contributed by atoms with Crippen LogP contribution in [0, 0.1) is 5.82 Å². The first-order valence-electron chi connectivity index (χ1n) is 7.55. The van der Waals surface area contributed by atoms with Crippen LogP contribution >= 0.6 is 12.4 Å². The van der Waals surface area contributed by atoms with E-state index in [0.717, 1.165) is 62.4 Å². The Bertz CT molecular complexity index is 484. The lowest BCUT2D eigenvalue weighted by Crippen LogP contribution is -2.44. The largest absolute Gasteiger partial charge is 0.491 e. The van der Waals surface area contributed by atoms with Crippen molar-refractivity contribution < 1.29 is 13.9 Å². The minimum atomic E-state index is -0.0871. The van der Waals surface area contributed by atoms with Crippen LogP contribution in [-0.4, -0.2) is 43.9 Å². The van der Waals surface area contributed by atoms with Gasteiger partial charge in [-0.1, -0.05) is 6.92 Å². The third kappa shape index (κ3) is 3.68. The van der Waals surface area contributed by atoms with Crippen LogP contribution in [0.15, 0.2) is 12.1 Å². The lowest BCUT2D eigenvalue weighted by molar-refractivity contribution is -0.0465. The Hall–Kier alpha value is -0.840. The van der Waals surface area contributed by atoms with Gasteiger partial charge < -0.3 is 9.47 Å². The zero-order valence-corrected chi connectivity index (χ0v) is 13.3. The Morgan fingerprint density at radius 3 is 2.95 bits per heavy atom. The molecule has 0 amide bonds. The van der Waals surface area contributed by atoms with Gasteiger partial charge in [-0.25, -0.2) is 4.39 Å². The topological polar surface area (TPSA) is 21.7 Å². The summed E-state index contributed by atoms with van der Waals surface area (Å²) in [4.78, 5) is 2.37. The standard InChI is InChI=1S/C16H22FNO2.ClH/c1-2-18-8-9-19-12(10-18)11-20-16-7-6-15(17)13-4-3-5-14(13)16;/h6-7,12H,2-5,8-11H2,1H3;1H. The fraction of sp³-hybridized carbons (Fsp3) is 0.625. The highest BCUT2D eigenvalue weighted by Gasteiger charge is 2.23. The SMILES string of the molecule is CCN1CCOC(COc2ccc(F)c3c2CCC3)C1.Cl. The fourth-order valence-corrected chi connectivity index (χ4v) is 3.12. The van der Waals surface area contributed by atoms with Gasteiger partial charge in [-0.3, -0.25) is 4.90 Å². The summed E-state index contributed by atoms with van der Waals surface area (Å²) in [5.41, 5.74) is 1.91. The molecule has 0 aromatic heterocycles. The Morgan fingerprint density at radius 2 is 2.14 bits per heavy atom. The molecule has 2 aliphatic rings. The quantitative estimate of drug-likeness (QED) is 0.853. The van der Waals surface area contributed by atoms with Crippen molar-refractivity contribution in [2.75, 3.05) is 32.8 Å². The van der Waals surface area contributed by atoms with E-state index < -0.39 is 0 Å². The normalized spacial score (nSPS) is 21.7. The van der Waals surface area contributed by atoms with Gasteiger partial charge in [0.15, 0.2) is 0 Å². The number of fused-ring (bicyclic) bond motifs is 1. The van der Waals surface area contributed by atoms with Crippen molar-refractivity contribution >= 4 is 12.4 Å². The molecule has 0 saturated carbocycles. The lowest BCUT2D eigenvalue weighted by Gasteiger charge is -2.32. The van der Waals surface area contributed by atoms with Crippen molar-refractivity contribution in [3.8, 4) is 5.75 Å². The van der Waals surface area contributed by atoms with Gasteiger partial charge >= 0.3 is 0 Å². The van der Waals surface area contributed by atoms with Gasteiger partial charge in [-0.2, -0.15) is 0 Å². The first kappa shape index (κ1) is 16.5. The molecule has 1 fully saturated rings. The number of benzene rings is 1. The van der Waals surface area contributed by atoms with Crippen molar-refractivity contribution in [3.05, 3.63) is 29.1 Å². The molecule has 3 rings (SSSR count). The number of ether oxygens (including phenoxy) is 2. The predicted octanol–water partition coefficient (Wildman–Crippen LogP) is 2.84. The number of morpholine rings is 1. The molecule has 1 heterocycles. The third-order valence-corrected chi connectivity index (χ3v) is 4.28. The Labute approximate surface area is 131 Å². The molecule has 118 valence electrons. The summed E-state index contributed by atoms with van der Waals surface area (Å²) in [6, 6.07) is 3.29. The molecule has 0 radical (unpaired) electrons. The number of likely N-dealkylation sites (N-methyl/N-ethyl adjacent to an activating group) is 1. The molecule has 1 saturated heterocycles. The van der Waals surface area contributed by atoms with E-state index in [-0.39, 0.29) is 24.3 Å². The summed E-state index contributed by atoms with van der Waals surface area (Å²) in [6.07, 6.45) is 2.90. The second-order valence-electron chi connectivity index (χ2n) is 5.55. The Balaban J connectivity index is 0.00000161. The molecule has 1 aliphatic carbocycles. The molecular weight excluding hydrogens is 293 g/mol. The van der Waals surface area contributed by atoms with Crippen LogP contribution in [0.25, 0.3) is 0 Å². The molecule has 3 nitrogen and oxygen atoms in total. The predicted molar refractivity (Wildman–Crippen MR) is 83.0 cm³/mol. The van der Waals surface area contributed by atoms with E-state index >= 15 is 0 Å². The van der Waals surface area contributed by atoms with Gasteiger partial charge in [-0.05, 0) is 43.5 Å². The van der Waals surface area contributed by atoms with Crippen LogP contribution in [0.5, 0.6) is 5.75 Å². The van der Waals surface area contributed by atoms with Crippen molar-refractivity contribution in [2.24, 2.45) is 0 Å². The monoisotopic (exact) mass is 315 g/mol. The average Bonchev–Trinajstić information content (AvgIpc) is 2.97. The summed E-state index contributed by atoms with van der Waals surface area (Å²) in [6.45, 7) is 6.44. The second-order valence-corrected chi connectivity index (χ2v) is 5.55. The molecule has 1 unspecified atom stereocenters. The first-order chi connectivity index (χ1) is 9.78. The maximum absolute atomic E-state index is 13.7. The molecule has 0 N–H and O–H groups in total. The van der Waals surface area contributed by atoms with E-state index in [0.29, 0.717) is 6.61 Å². The van der Waals surface area contributed by atoms with Crippen molar-refractivity contribution in [2.45, 2.75) is 32.3 Å². The Morgan fingerprint density at radius 1 is 1.33 bits per heavy atom. The maximum atomic E-state index is 13.7. The van der Waals surface area contributed by atoms with Crippen LogP contribution in [0.2, 0.25) is 0 Å². The molecular formula is C16H23ClFNO2. The maximum Gasteiger partial charge on any atom is 0.126 e. The van der Waals surface area contributed by atoms with Gasteiger partial charge in [0.05, 0.1) is 6.61 Å². The number of hydrogen-bond donors (Lipinski definition) is 0. The van der Waals surface area contributed by atoms with Crippen molar-refractivity contribution in [3.63, 3.8) is 0 Å². The number of hydrogen-bond acceptors (Lipinski definition) is 3. The van der Waals surface area contributed by atoms with Gasteiger partial charge in [0.2, 0.25) is 0 Å². The second kappa shape index (κ2) is 7.43. The van der Waals surface area contributed by atoms with Crippen LogP contribution in [0.4, 0.5) is 4.39 Å². The van der Waals surface area contributed by atoms with E-state index in [1.54, 1.807) is 6.07 Å². The van der Waals surface area contributed by atoms with Gasteiger partial charge in [0.1, 0.15) is 24.3 Å². The zero-order chi connectivity index (χ0) is 13.9. The molecule has 21 heavy (non-hydrogen) atoms. The van der Waals surface area contributed by atoms with Crippen molar-refractivity contribution in [1.82, 2.24) is 4.90 Å². The molecule has 0 spiro atoms. The third-order valence-electron chi connectivity index (χ3n) is 4.28. The summed E-state index contributed by atoms with van der Waals surface area (Å²) in [7, 11) is 0. The first-order valence-corrected chi connectivity index (χ1v) is 7.55. The van der Waals surface area contributed by atoms with Crippen LogP contribution in [0.3, 0.4) is 0 Å². The molecule has 1 atom stereocenters. The van der Waals surface area contributed by atoms with E-state index in [1.807, 2.05) is 0 Å². The Kier molecular flexibility index (Phi) is 5.85. The average molecular weight is 316 g/mol. The highest BCUT2D eigenvalue weighted by Crippen LogP contribution is 2.32. The number of rotatable bonds is 4. The highest BCUT2D eigenvalue weighted by atomic mass is 35.5. The van der Waals surface area contributed by atoms with Gasteiger partial charge in [0.25, 0.3) is 0 Å². The smallest absolute Gasteiger partial charge is 0.126 e. The van der Waals surface area contributed by atoms with Crippen LogP contribution in [-0.2, 0) is 17.6 Å². The molecule has 1 aromatic carbocycles. The van der Waals surface area contributed by atoms with Crippen LogP contribution in [0.1, 0.15) is 24.5 Å². The molecule has 1 aliphatic heterocycles. The summed E-state index contributed by atoms with van der Waals surface area (Å²) in [5, 5.41) is 0. The minimum absolute atomic E-state index is 0. The number of nitrogens with zero attached hydrogens (tertiary/aromatic N) is 1. The molecule has 0 bridgehead atoms.